The predicted molar refractivity (Wildman–Crippen MR) is 90.2 cm³/mol. The molecule has 1 saturated heterocycles. The molecule has 0 bridgehead atoms. The second-order valence-electron chi connectivity index (χ2n) is 6.26. The average Bonchev–Trinajstić information content (AvgIpc) is 2.84. The Labute approximate surface area is 139 Å². The van der Waals surface area contributed by atoms with Crippen molar-refractivity contribution < 1.29 is 9.53 Å². The lowest BCUT2D eigenvalue weighted by Gasteiger charge is -2.23. The zero-order valence-electron chi connectivity index (χ0n) is 14.2. The molecule has 0 aromatic heterocycles. The quantitative estimate of drug-likeness (QED) is 0.834. The van der Waals surface area contributed by atoms with Crippen LogP contribution in [0.3, 0.4) is 0 Å². The van der Waals surface area contributed by atoms with E-state index in [1.807, 2.05) is 36.9 Å². The van der Waals surface area contributed by atoms with Gasteiger partial charge in [0, 0.05) is 19.5 Å². The van der Waals surface area contributed by atoms with Gasteiger partial charge in [-0.1, -0.05) is 25.0 Å². The van der Waals surface area contributed by atoms with Crippen LogP contribution in [0, 0.1) is 31.1 Å². The van der Waals surface area contributed by atoms with Crippen LogP contribution < -0.4 is 4.74 Å². The van der Waals surface area contributed by atoms with Gasteiger partial charge in [0.15, 0.2) is 0 Å². The molecule has 4 heteroatoms. The molecule has 0 aliphatic carbocycles. The highest BCUT2D eigenvalue weighted by atomic mass is 16.5. The minimum Gasteiger partial charge on any atom is -0.493 e. The summed E-state index contributed by atoms with van der Waals surface area (Å²) < 4.78 is 5.79. The fourth-order valence-corrected chi connectivity index (χ4v) is 2.92. The number of nitriles is 1. The molecule has 0 saturated carbocycles. The van der Waals surface area contributed by atoms with Crippen LogP contribution in [0.1, 0.15) is 43.2 Å². The molecule has 23 heavy (non-hydrogen) atoms. The van der Waals surface area contributed by atoms with E-state index in [2.05, 4.69) is 6.07 Å². The molecule has 1 amide bonds. The third-order valence-corrected chi connectivity index (χ3v) is 4.59. The molecule has 4 nitrogen and oxygen atoms in total. The predicted octanol–water partition coefficient (Wildman–Crippen LogP) is 3.61. The Morgan fingerprint density at radius 3 is 2.61 bits per heavy atom. The SMILES string of the molecule is Cc1cccc(OCCC(C#N)C(=O)N2CCCCCC2)c1C. The van der Waals surface area contributed by atoms with E-state index in [0.29, 0.717) is 13.0 Å². The maximum Gasteiger partial charge on any atom is 0.240 e. The molecule has 124 valence electrons. The summed E-state index contributed by atoms with van der Waals surface area (Å²) in [6, 6.07) is 8.10. The van der Waals surface area contributed by atoms with Crippen LogP contribution in [-0.4, -0.2) is 30.5 Å². The smallest absolute Gasteiger partial charge is 0.240 e. The number of rotatable bonds is 5. The van der Waals surface area contributed by atoms with Gasteiger partial charge in [-0.25, -0.2) is 0 Å². The molecule has 1 fully saturated rings. The second kappa shape index (κ2) is 8.57. The Balaban J connectivity index is 1.88. The topological polar surface area (TPSA) is 53.3 Å². The molecule has 1 atom stereocenters. The lowest BCUT2D eigenvalue weighted by molar-refractivity contribution is -0.134. The van der Waals surface area contributed by atoms with Gasteiger partial charge in [0.1, 0.15) is 11.7 Å². The Morgan fingerprint density at radius 2 is 1.96 bits per heavy atom. The van der Waals surface area contributed by atoms with E-state index >= 15 is 0 Å². The van der Waals surface area contributed by atoms with Crippen molar-refractivity contribution in [2.45, 2.75) is 46.0 Å². The van der Waals surface area contributed by atoms with E-state index in [1.165, 1.54) is 18.4 Å². The molecule has 0 spiro atoms. The van der Waals surface area contributed by atoms with Crippen LogP contribution in [0.4, 0.5) is 0 Å². The van der Waals surface area contributed by atoms with Gasteiger partial charge in [-0.2, -0.15) is 5.26 Å². The molecule has 1 unspecified atom stereocenters. The number of amides is 1. The van der Waals surface area contributed by atoms with Gasteiger partial charge in [0.25, 0.3) is 0 Å². The van der Waals surface area contributed by atoms with Gasteiger partial charge in [-0.05, 0) is 43.9 Å². The Hall–Kier alpha value is -2.02. The molecule has 0 radical (unpaired) electrons. The number of aryl methyl sites for hydroxylation is 1. The van der Waals surface area contributed by atoms with Gasteiger partial charge in [0.05, 0.1) is 12.7 Å². The minimum absolute atomic E-state index is 0.0287. The van der Waals surface area contributed by atoms with E-state index in [9.17, 15) is 10.1 Å². The number of likely N-dealkylation sites (tertiary alicyclic amines) is 1. The summed E-state index contributed by atoms with van der Waals surface area (Å²) in [5, 5.41) is 9.34. The Kier molecular flexibility index (Phi) is 6.46. The Morgan fingerprint density at radius 1 is 1.26 bits per heavy atom. The molecule has 1 aliphatic rings. The van der Waals surface area contributed by atoms with Crippen molar-refractivity contribution in [2.75, 3.05) is 19.7 Å². The van der Waals surface area contributed by atoms with Crippen LogP contribution >= 0.6 is 0 Å². The van der Waals surface area contributed by atoms with Gasteiger partial charge in [-0.3, -0.25) is 4.79 Å². The monoisotopic (exact) mass is 314 g/mol. The van der Waals surface area contributed by atoms with Crippen molar-refractivity contribution in [1.82, 2.24) is 4.90 Å². The fourth-order valence-electron chi connectivity index (χ4n) is 2.92. The van der Waals surface area contributed by atoms with Crippen LogP contribution in [-0.2, 0) is 4.79 Å². The van der Waals surface area contributed by atoms with Crippen molar-refractivity contribution in [1.29, 1.82) is 5.26 Å². The minimum atomic E-state index is -0.599. The van der Waals surface area contributed by atoms with E-state index < -0.39 is 5.92 Å². The first-order valence-electron chi connectivity index (χ1n) is 8.51. The summed E-state index contributed by atoms with van der Waals surface area (Å²) >= 11 is 0. The first-order valence-corrected chi connectivity index (χ1v) is 8.51. The van der Waals surface area contributed by atoms with Gasteiger partial charge in [0.2, 0.25) is 5.91 Å². The second-order valence-corrected chi connectivity index (χ2v) is 6.26. The van der Waals surface area contributed by atoms with Crippen LogP contribution in [0.2, 0.25) is 0 Å². The number of hydrogen-bond donors (Lipinski definition) is 0. The average molecular weight is 314 g/mol. The Bertz CT molecular complexity index is 569. The third-order valence-electron chi connectivity index (χ3n) is 4.59. The number of carbonyl (C=O) groups excluding carboxylic acids is 1. The lowest BCUT2D eigenvalue weighted by atomic mass is 10.1. The summed E-state index contributed by atoms with van der Waals surface area (Å²) in [6.07, 6.45) is 4.89. The molecule has 0 N–H and O–H groups in total. The maximum atomic E-state index is 12.5. The third kappa shape index (κ3) is 4.72. The van der Waals surface area contributed by atoms with Crippen molar-refractivity contribution in [2.24, 2.45) is 5.92 Å². The standard InChI is InChI=1S/C19H26N2O2/c1-15-8-7-9-18(16(15)2)23-13-10-17(14-20)19(22)21-11-5-3-4-6-12-21/h7-9,17H,3-6,10-13H2,1-2H3. The largest absolute Gasteiger partial charge is 0.493 e. The van der Waals surface area contributed by atoms with Crippen molar-refractivity contribution >= 4 is 5.91 Å². The molecule has 1 aromatic rings. The molecule has 2 rings (SSSR count). The zero-order chi connectivity index (χ0) is 16.7. The first-order chi connectivity index (χ1) is 11.1. The highest BCUT2D eigenvalue weighted by Gasteiger charge is 2.24. The van der Waals surface area contributed by atoms with Crippen LogP contribution in [0.5, 0.6) is 5.75 Å². The molecule has 1 aliphatic heterocycles. The summed E-state index contributed by atoms with van der Waals surface area (Å²) in [6.45, 7) is 6.03. The molecular weight excluding hydrogens is 288 g/mol. The van der Waals surface area contributed by atoms with E-state index in [-0.39, 0.29) is 5.91 Å². The van der Waals surface area contributed by atoms with E-state index in [1.54, 1.807) is 0 Å². The van der Waals surface area contributed by atoms with Crippen LogP contribution in [0.25, 0.3) is 0 Å². The summed E-state index contributed by atoms with van der Waals surface area (Å²) in [5.41, 5.74) is 2.29. The lowest BCUT2D eigenvalue weighted by Crippen LogP contribution is -2.37. The number of hydrogen-bond acceptors (Lipinski definition) is 3. The summed E-state index contributed by atoms with van der Waals surface area (Å²) in [4.78, 5) is 14.4. The first kappa shape index (κ1) is 17.3. The molecule has 1 heterocycles. The fraction of sp³-hybridized carbons (Fsp3) is 0.579. The van der Waals surface area contributed by atoms with Gasteiger partial charge >= 0.3 is 0 Å². The highest BCUT2D eigenvalue weighted by Crippen LogP contribution is 2.21. The zero-order valence-corrected chi connectivity index (χ0v) is 14.2. The number of nitrogens with zero attached hydrogens (tertiary/aromatic N) is 2. The summed E-state index contributed by atoms with van der Waals surface area (Å²) in [5.74, 6) is 0.209. The van der Waals surface area contributed by atoms with E-state index in [0.717, 1.165) is 37.2 Å². The maximum absolute atomic E-state index is 12.5. The molecular formula is C19H26N2O2. The van der Waals surface area contributed by atoms with Gasteiger partial charge < -0.3 is 9.64 Å². The van der Waals surface area contributed by atoms with Crippen LogP contribution in [0.15, 0.2) is 18.2 Å². The van der Waals surface area contributed by atoms with E-state index in [4.69, 9.17) is 4.74 Å². The normalized spacial score (nSPS) is 16.3. The highest BCUT2D eigenvalue weighted by molar-refractivity contribution is 5.81. The van der Waals surface area contributed by atoms with Gasteiger partial charge in [-0.15, -0.1) is 0 Å². The van der Waals surface area contributed by atoms with Crippen molar-refractivity contribution in [3.8, 4) is 11.8 Å². The number of benzene rings is 1. The molecule has 1 aromatic carbocycles. The van der Waals surface area contributed by atoms with Crippen molar-refractivity contribution in [3.05, 3.63) is 29.3 Å². The number of ether oxygens (including phenoxy) is 1. The van der Waals surface area contributed by atoms with Crippen molar-refractivity contribution in [3.63, 3.8) is 0 Å². The summed E-state index contributed by atoms with van der Waals surface area (Å²) in [7, 11) is 0. The number of carbonyl (C=O) groups is 1.